The van der Waals surface area contributed by atoms with Crippen LogP contribution in [0.15, 0.2) is 175 Å². The molecule has 31 nitrogen and oxygen atoms in total. The van der Waals surface area contributed by atoms with E-state index in [1.807, 2.05) is 83.1 Å². The Hall–Kier alpha value is -15.4. The van der Waals surface area contributed by atoms with Crippen LogP contribution in [0.3, 0.4) is 0 Å². The first kappa shape index (κ1) is 86.0. The van der Waals surface area contributed by atoms with Crippen molar-refractivity contribution in [1.29, 1.82) is 0 Å². The Bertz CT molecular complexity index is 7060. The van der Waals surface area contributed by atoms with Crippen molar-refractivity contribution < 1.29 is 93.2 Å². The van der Waals surface area contributed by atoms with Crippen LogP contribution >= 0.6 is 0 Å². The molecular weight excluding hydrogens is 1610 g/mol. The Morgan fingerprint density at radius 3 is 1.42 bits per heavy atom. The van der Waals surface area contributed by atoms with Crippen molar-refractivity contribution >= 4 is 75.2 Å². The van der Waals surface area contributed by atoms with Crippen LogP contribution in [-0.2, 0) is 42.2 Å². The van der Waals surface area contributed by atoms with Crippen molar-refractivity contribution in [2.75, 3.05) is 0 Å². The zero-order valence-corrected chi connectivity index (χ0v) is 69.9. The number of aryl methyl sites for hydroxylation is 1. The van der Waals surface area contributed by atoms with Gasteiger partial charge in [0.25, 0.3) is 46.0 Å². The average Bonchev–Trinajstić information content (AvgIpc) is 1.62. The summed E-state index contributed by atoms with van der Waals surface area (Å²) < 4.78 is 49.2. The minimum absolute atomic E-state index is 0.00104. The van der Waals surface area contributed by atoms with Crippen LogP contribution in [0.25, 0.3) is 67.9 Å². The third-order valence-corrected chi connectivity index (χ3v) is 20.8. The summed E-state index contributed by atoms with van der Waals surface area (Å²) in [6.45, 7) is 26.6. The van der Waals surface area contributed by atoms with Crippen LogP contribution < -0.4 is 17.1 Å². The fourth-order valence-corrected chi connectivity index (χ4v) is 14.1. The van der Waals surface area contributed by atoms with Gasteiger partial charge >= 0.3 is 11.5 Å². The van der Waals surface area contributed by atoms with E-state index in [9.17, 15) is 81.1 Å². The predicted molar refractivity (Wildman–Crippen MR) is 442 cm³/mol. The smallest absolute Gasteiger partial charge is 0.420 e. The molecule has 0 spiro atoms. The van der Waals surface area contributed by atoms with Crippen molar-refractivity contribution in [2.45, 2.75) is 139 Å². The molecule has 32 heteroatoms. The number of carbonyl (C=O) groups is 13. The maximum Gasteiger partial charge on any atom is 0.420 e. The molecule has 6 aliphatic carbocycles. The summed E-state index contributed by atoms with van der Waals surface area (Å²) in [6.07, 6.45) is 4.81. The molecule has 0 N–H and O–H groups in total. The van der Waals surface area contributed by atoms with E-state index < -0.39 is 86.7 Å². The molecule has 0 amide bonds. The summed E-state index contributed by atoms with van der Waals surface area (Å²) in [7, 11) is 1.47. The maximum absolute atomic E-state index is 13.0. The minimum atomic E-state index is -0.781. The second-order valence-electron chi connectivity index (χ2n) is 32.7. The van der Waals surface area contributed by atoms with Gasteiger partial charge in [-0.05, 0) is 66.9 Å². The van der Waals surface area contributed by atoms with E-state index in [4.69, 9.17) is 26.5 Å². The molecule has 19 rings (SSSR count). The van der Waals surface area contributed by atoms with Crippen LogP contribution in [0.4, 0.5) is 4.39 Å². The Morgan fingerprint density at radius 2 is 0.872 bits per heavy atom. The lowest BCUT2D eigenvalue weighted by atomic mass is 9.88. The number of oxazole rings is 6. The Labute approximate surface area is 707 Å². The van der Waals surface area contributed by atoms with E-state index in [2.05, 4.69) is 29.9 Å². The van der Waals surface area contributed by atoms with Gasteiger partial charge in [0.2, 0.25) is 52.2 Å². The number of benzene rings is 4. The highest BCUT2D eigenvalue weighted by Crippen LogP contribution is 2.42. The van der Waals surface area contributed by atoms with Crippen LogP contribution in [0, 0.1) is 18.7 Å². The first-order valence-electron chi connectivity index (χ1n) is 39.4. The average molecular weight is 1690 g/mol. The molecule has 0 saturated carbocycles. The fourth-order valence-electron chi connectivity index (χ4n) is 14.1. The van der Waals surface area contributed by atoms with E-state index >= 15 is 0 Å². The van der Waals surface area contributed by atoms with E-state index in [1.54, 1.807) is 92.8 Å². The van der Waals surface area contributed by atoms with Gasteiger partial charge in [-0.1, -0.05) is 156 Å². The number of Topliss-reactive ketones (excluding diaryl/α,β-unsaturated/α-hetero) is 13. The molecule has 0 aliphatic heterocycles. The third kappa shape index (κ3) is 15.6. The van der Waals surface area contributed by atoms with Gasteiger partial charge in [-0.15, -0.1) is 0 Å². The van der Waals surface area contributed by atoms with E-state index in [1.165, 1.54) is 71.0 Å². The molecular formula is C93H76FN9O22. The predicted octanol–water partition coefficient (Wildman–Crippen LogP) is 14.5. The summed E-state index contributed by atoms with van der Waals surface area (Å²) in [4.78, 5) is 219. The van der Waals surface area contributed by atoms with E-state index in [0.717, 1.165) is 10.1 Å². The maximum atomic E-state index is 13.0. The fraction of sp³-hybridized carbons (Fsp3) is 0.247. The van der Waals surface area contributed by atoms with Crippen molar-refractivity contribution in [3.63, 3.8) is 0 Å². The lowest BCUT2D eigenvalue weighted by molar-refractivity contribution is -0.121. The highest BCUT2D eigenvalue weighted by molar-refractivity contribution is 6.55. The molecule has 13 aromatic rings. The van der Waals surface area contributed by atoms with Crippen molar-refractivity contribution in [2.24, 2.45) is 13.0 Å². The largest absolute Gasteiger partial charge is 0.440 e. The zero-order chi connectivity index (χ0) is 90.3. The van der Waals surface area contributed by atoms with Gasteiger partial charge < -0.3 is 31.1 Å². The molecule has 0 unspecified atom stereocenters. The summed E-state index contributed by atoms with van der Waals surface area (Å²) >= 11 is 0. The van der Waals surface area contributed by atoms with E-state index in [-0.39, 0.29) is 127 Å². The number of fused-ring (bicyclic) bond motifs is 18. The van der Waals surface area contributed by atoms with Crippen LogP contribution in [0.1, 0.15) is 267 Å². The van der Waals surface area contributed by atoms with Crippen LogP contribution in [-0.4, -0.2) is 119 Å². The summed E-state index contributed by atoms with van der Waals surface area (Å²) in [5.41, 5.74) is 6.24. The number of rotatable bonds is 8. The lowest BCUT2D eigenvalue weighted by Gasteiger charge is -2.17. The number of carbonyl (C=O) groups excluding carboxylic acids is 13. The van der Waals surface area contributed by atoms with Gasteiger partial charge in [-0.2, -0.15) is 0 Å². The molecule has 125 heavy (non-hydrogen) atoms. The second-order valence-corrected chi connectivity index (χ2v) is 32.7. The highest BCUT2D eigenvalue weighted by Gasteiger charge is 2.44. The Kier molecular flexibility index (Phi) is 22.6. The molecule has 9 aromatic heterocycles. The highest BCUT2D eigenvalue weighted by atomic mass is 19.1. The van der Waals surface area contributed by atoms with Crippen molar-refractivity contribution in [3.8, 4) is 67.9 Å². The van der Waals surface area contributed by atoms with Gasteiger partial charge in [0.05, 0.1) is 17.7 Å². The summed E-state index contributed by atoms with van der Waals surface area (Å²) in [5.74, 6) is -6.92. The first-order chi connectivity index (χ1) is 59.1. The zero-order valence-electron chi connectivity index (χ0n) is 69.9. The van der Waals surface area contributed by atoms with Gasteiger partial charge in [-0.3, -0.25) is 86.2 Å². The number of pyridine rings is 3. The van der Waals surface area contributed by atoms with Gasteiger partial charge in [0.15, 0.2) is 46.2 Å². The lowest BCUT2D eigenvalue weighted by Crippen LogP contribution is -2.31. The standard InChI is InChI=1S/C20H21NO4.C18H10FNO4.C15H14N2O4.C14H12N2O3.C13H10N2O3.C13H9NO4/c1-10(2)14(22)9-11-6-7-12-13(8-11)16(23)17(24)18-15(12)21-19(25-18)20(3,4)5;19-11-7-5-10(6-8-11)9-20-14-16(22)15(21)12-3-1-2-4-13(12)17(14)24-18(20)23;1-6(2)15-16-10-12(19)13(20)11-9(14(10)21-15)7(3)5-8(18)17(11)4;1-14(2,3)13-16-9-8-7(5-4-6-15-8)10(17)11(18)12(9)19-13;1-6(2)13-15-9-11(17)10(16)7-3-4-14-5-8(7)12(9)18-13;1-2-14-9-11(16)10(15)7-5-3-4-6-8(7)12(9)18-13(14)17/h6-8,10H,9H2,1-5H3;1-8H,9H2;5-6H,1-4H3;4-6H,1-3H3;3-6H,1-2H3;3-6H,2H2,1H3. The topological polar surface area (TPSA) is 444 Å². The molecule has 9 heterocycles. The molecule has 0 saturated heterocycles. The van der Waals surface area contributed by atoms with E-state index in [0.29, 0.717) is 103 Å². The molecule has 0 fully saturated rings. The number of ketones is 13. The monoisotopic (exact) mass is 1690 g/mol. The SMILES string of the molecule is CC(C)(C)c1nc2c(o1)C(=O)C(=O)c1cccnc1-2.CC(C)C(=O)Cc1ccc2c(c1)C(=O)C(=O)c1oc(C(C)(C)C)nc1-2.CC(C)c1nc2c(o1)-c1cnccc1C(=O)C2=O.CCn1c2c(oc1=O)-c1ccccc1C(=O)C2=O.Cc1cc(=O)n(C)c2c1-c1oc(C(C)C)nc1C(=O)C2=O.O=C1C(=O)c2c(oc(=O)n2Cc2ccc(F)cc2)-c2ccccc21. The van der Waals surface area contributed by atoms with Gasteiger partial charge in [0.1, 0.15) is 45.8 Å². The van der Waals surface area contributed by atoms with Crippen molar-refractivity contribution in [3.05, 3.63) is 279 Å². The number of hydrogen-bond acceptors (Lipinski definition) is 28. The van der Waals surface area contributed by atoms with Crippen LogP contribution in [0.5, 0.6) is 0 Å². The van der Waals surface area contributed by atoms with Crippen molar-refractivity contribution in [1.82, 2.24) is 43.6 Å². The van der Waals surface area contributed by atoms with Gasteiger partial charge in [0, 0.05) is 118 Å². The second kappa shape index (κ2) is 32.9. The Morgan fingerprint density at radius 1 is 0.408 bits per heavy atom. The summed E-state index contributed by atoms with van der Waals surface area (Å²) in [5, 5.41) is 0. The molecule has 632 valence electrons. The summed E-state index contributed by atoms with van der Waals surface area (Å²) in [6, 6.07) is 30.0. The first-order valence-corrected chi connectivity index (χ1v) is 39.4. The third-order valence-electron chi connectivity index (χ3n) is 20.8. The number of hydrogen-bond donors (Lipinski definition) is 0. The molecule has 0 atom stereocenters. The normalized spacial score (nSPS) is 13.6. The molecule has 0 bridgehead atoms. The Balaban J connectivity index is 0.000000122. The molecule has 4 aromatic carbocycles. The quantitative estimate of drug-likeness (QED) is 0.127. The number of nitrogens with zero attached hydrogens (tertiary/aromatic N) is 9. The molecule has 6 aliphatic rings. The molecule has 0 radical (unpaired) electrons. The van der Waals surface area contributed by atoms with Gasteiger partial charge in [-0.25, -0.2) is 33.9 Å². The minimum Gasteiger partial charge on any atom is -0.440 e. The number of halogens is 1. The number of aromatic nitrogens is 9. The van der Waals surface area contributed by atoms with Crippen LogP contribution in [0.2, 0.25) is 0 Å².